The van der Waals surface area contributed by atoms with Crippen molar-refractivity contribution in [1.82, 2.24) is 0 Å². The van der Waals surface area contributed by atoms with E-state index in [-0.39, 0.29) is 12.6 Å². The molecule has 0 aliphatic rings. The highest BCUT2D eigenvalue weighted by Gasteiger charge is 2.19. The number of carbonyl (C=O) groups is 1. The molecule has 0 aromatic heterocycles. The normalized spacial score (nSPS) is 11.4. The third-order valence-electron chi connectivity index (χ3n) is 2.90. The fourth-order valence-corrected chi connectivity index (χ4v) is 1.77. The molecular weight excluding hydrogens is 268 g/mol. The van der Waals surface area contributed by atoms with Crippen LogP contribution in [0.25, 0.3) is 0 Å². The van der Waals surface area contributed by atoms with Gasteiger partial charge in [0.2, 0.25) is 0 Å². The Morgan fingerprint density at radius 3 is 2.62 bits per heavy atom. The van der Waals surface area contributed by atoms with Gasteiger partial charge in [0.15, 0.2) is 6.10 Å². The first-order valence-electron chi connectivity index (χ1n) is 7.09. The molecule has 1 aromatic carbocycles. The predicted molar refractivity (Wildman–Crippen MR) is 80.8 cm³/mol. The van der Waals surface area contributed by atoms with Gasteiger partial charge in [0.1, 0.15) is 0 Å². The number of hydrogen-bond acceptors (Lipinski definition) is 4. The summed E-state index contributed by atoms with van der Waals surface area (Å²) in [5, 5.41) is 8.67. The molecule has 1 atom stereocenters. The SMILES string of the molecule is CCOC(=O)[C@H](Cc1ccc(C#CCCCO)cc1)OC. The van der Waals surface area contributed by atoms with E-state index < -0.39 is 6.10 Å². The minimum Gasteiger partial charge on any atom is -0.464 e. The molecule has 0 radical (unpaired) electrons. The van der Waals surface area contributed by atoms with Gasteiger partial charge < -0.3 is 14.6 Å². The molecular formula is C17H22O4. The van der Waals surface area contributed by atoms with E-state index in [4.69, 9.17) is 14.6 Å². The van der Waals surface area contributed by atoms with E-state index >= 15 is 0 Å². The summed E-state index contributed by atoms with van der Waals surface area (Å²) in [4.78, 5) is 11.7. The molecule has 1 N–H and O–H groups in total. The maximum Gasteiger partial charge on any atom is 0.335 e. The van der Waals surface area contributed by atoms with Gasteiger partial charge >= 0.3 is 5.97 Å². The van der Waals surface area contributed by atoms with Crippen LogP contribution >= 0.6 is 0 Å². The van der Waals surface area contributed by atoms with Crippen molar-refractivity contribution in [2.45, 2.75) is 32.3 Å². The highest BCUT2D eigenvalue weighted by Crippen LogP contribution is 2.09. The molecule has 1 aromatic rings. The summed E-state index contributed by atoms with van der Waals surface area (Å²) in [6.07, 6.45) is 1.28. The second kappa shape index (κ2) is 9.98. The molecule has 4 nitrogen and oxygen atoms in total. The van der Waals surface area contributed by atoms with Crippen molar-refractivity contribution in [3.63, 3.8) is 0 Å². The quantitative estimate of drug-likeness (QED) is 0.473. The van der Waals surface area contributed by atoms with E-state index in [1.165, 1.54) is 7.11 Å². The summed E-state index contributed by atoms with van der Waals surface area (Å²) in [5.41, 5.74) is 1.91. The third-order valence-corrected chi connectivity index (χ3v) is 2.90. The van der Waals surface area contributed by atoms with Crippen LogP contribution in [0.2, 0.25) is 0 Å². The van der Waals surface area contributed by atoms with Crippen molar-refractivity contribution < 1.29 is 19.4 Å². The Labute approximate surface area is 126 Å². The molecule has 0 amide bonds. The summed E-state index contributed by atoms with van der Waals surface area (Å²) in [5.74, 6) is 5.69. The van der Waals surface area contributed by atoms with Gasteiger partial charge in [-0.25, -0.2) is 4.79 Å². The minimum absolute atomic E-state index is 0.167. The molecule has 21 heavy (non-hydrogen) atoms. The van der Waals surface area contributed by atoms with Crippen molar-refractivity contribution >= 4 is 5.97 Å². The van der Waals surface area contributed by atoms with E-state index in [1.54, 1.807) is 6.92 Å². The number of rotatable bonds is 7. The molecule has 0 aliphatic heterocycles. The van der Waals surface area contributed by atoms with Crippen molar-refractivity contribution in [3.05, 3.63) is 35.4 Å². The van der Waals surface area contributed by atoms with Crippen LogP contribution in [0.1, 0.15) is 30.9 Å². The van der Waals surface area contributed by atoms with Crippen LogP contribution < -0.4 is 0 Å². The molecule has 0 spiro atoms. The number of unbranched alkanes of at least 4 members (excludes halogenated alkanes) is 1. The Hall–Kier alpha value is -1.83. The zero-order valence-electron chi connectivity index (χ0n) is 12.6. The van der Waals surface area contributed by atoms with Crippen molar-refractivity contribution in [3.8, 4) is 11.8 Å². The number of aliphatic hydroxyl groups is 1. The van der Waals surface area contributed by atoms with Crippen molar-refractivity contribution in [2.24, 2.45) is 0 Å². The van der Waals surface area contributed by atoms with Crippen molar-refractivity contribution in [2.75, 3.05) is 20.3 Å². The second-order valence-electron chi connectivity index (χ2n) is 4.51. The molecule has 0 aliphatic carbocycles. The molecule has 0 unspecified atom stereocenters. The van der Waals surface area contributed by atoms with Crippen LogP contribution in [0.4, 0.5) is 0 Å². The number of hydrogen-bond donors (Lipinski definition) is 1. The van der Waals surface area contributed by atoms with E-state index in [2.05, 4.69) is 11.8 Å². The standard InChI is InChI=1S/C17H22O4/c1-3-21-17(19)16(20-2)13-15-10-8-14(9-11-15)7-5-4-6-12-18/h8-11,16,18H,3-4,6,12-13H2,1-2H3/t16-/m0/s1. The Balaban J connectivity index is 2.60. The lowest BCUT2D eigenvalue weighted by Crippen LogP contribution is -2.27. The van der Waals surface area contributed by atoms with E-state index in [1.807, 2.05) is 24.3 Å². The lowest BCUT2D eigenvalue weighted by atomic mass is 10.1. The van der Waals surface area contributed by atoms with Gasteiger partial charge in [0, 0.05) is 32.1 Å². The molecule has 114 valence electrons. The third kappa shape index (κ3) is 6.44. The maximum atomic E-state index is 11.7. The molecule has 1 rings (SSSR count). The zero-order valence-corrected chi connectivity index (χ0v) is 12.6. The van der Waals surface area contributed by atoms with Gasteiger partial charge in [-0.05, 0) is 31.0 Å². The van der Waals surface area contributed by atoms with Crippen LogP contribution in [0.5, 0.6) is 0 Å². The molecule has 0 saturated heterocycles. The van der Waals surface area contributed by atoms with Gasteiger partial charge in [0.25, 0.3) is 0 Å². The van der Waals surface area contributed by atoms with E-state index in [0.717, 1.165) is 11.1 Å². The first kappa shape index (κ1) is 17.2. The average Bonchev–Trinajstić information content (AvgIpc) is 2.50. The number of aliphatic hydroxyl groups excluding tert-OH is 1. The topological polar surface area (TPSA) is 55.8 Å². The van der Waals surface area contributed by atoms with Crippen LogP contribution in [0.15, 0.2) is 24.3 Å². The fraction of sp³-hybridized carbons (Fsp3) is 0.471. The Morgan fingerprint density at radius 2 is 2.05 bits per heavy atom. The van der Waals surface area contributed by atoms with Crippen LogP contribution in [-0.2, 0) is 20.7 Å². The smallest absolute Gasteiger partial charge is 0.335 e. The summed E-state index contributed by atoms with van der Waals surface area (Å²) in [6, 6.07) is 7.70. The molecule has 0 fully saturated rings. The van der Waals surface area contributed by atoms with Crippen LogP contribution in [-0.4, -0.2) is 37.5 Å². The highest BCUT2D eigenvalue weighted by molar-refractivity contribution is 5.75. The highest BCUT2D eigenvalue weighted by atomic mass is 16.6. The Morgan fingerprint density at radius 1 is 1.33 bits per heavy atom. The summed E-state index contributed by atoms with van der Waals surface area (Å²) in [6.45, 7) is 2.29. The molecule has 0 bridgehead atoms. The van der Waals surface area contributed by atoms with Gasteiger partial charge in [-0.15, -0.1) is 0 Å². The average molecular weight is 290 g/mol. The molecule has 4 heteroatoms. The zero-order chi connectivity index (χ0) is 15.5. The lowest BCUT2D eigenvalue weighted by Gasteiger charge is -2.13. The number of methoxy groups -OCH3 is 1. The van der Waals surface area contributed by atoms with Gasteiger partial charge in [0.05, 0.1) is 6.61 Å². The van der Waals surface area contributed by atoms with Crippen molar-refractivity contribution in [1.29, 1.82) is 0 Å². The van der Waals surface area contributed by atoms with E-state index in [9.17, 15) is 4.79 Å². The monoisotopic (exact) mass is 290 g/mol. The number of carbonyl (C=O) groups excluding carboxylic acids is 1. The largest absolute Gasteiger partial charge is 0.464 e. The number of benzene rings is 1. The van der Waals surface area contributed by atoms with Gasteiger partial charge in [-0.3, -0.25) is 0 Å². The van der Waals surface area contributed by atoms with Gasteiger partial charge in [-0.2, -0.15) is 0 Å². The summed E-state index contributed by atoms with van der Waals surface area (Å²) in [7, 11) is 1.50. The van der Waals surface area contributed by atoms with Crippen LogP contribution in [0.3, 0.4) is 0 Å². The maximum absolute atomic E-state index is 11.7. The Bertz CT molecular complexity index is 482. The second-order valence-corrected chi connectivity index (χ2v) is 4.51. The summed E-state index contributed by atoms with van der Waals surface area (Å²) >= 11 is 0. The number of esters is 1. The molecule has 0 heterocycles. The van der Waals surface area contributed by atoms with Gasteiger partial charge in [-0.1, -0.05) is 24.0 Å². The predicted octanol–water partition coefficient (Wildman–Crippen LogP) is 1.93. The first-order valence-corrected chi connectivity index (χ1v) is 7.09. The van der Waals surface area contributed by atoms with E-state index in [0.29, 0.717) is 25.9 Å². The van der Waals surface area contributed by atoms with Crippen LogP contribution in [0, 0.1) is 11.8 Å². The lowest BCUT2D eigenvalue weighted by molar-refractivity contribution is -0.154. The number of ether oxygens (including phenoxy) is 2. The summed E-state index contributed by atoms with van der Waals surface area (Å²) < 4.78 is 10.1. The minimum atomic E-state index is -0.577. The molecule has 0 saturated carbocycles. The first-order chi connectivity index (χ1) is 10.2. The fourth-order valence-electron chi connectivity index (χ4n) is 1.77. The Kier molecular flexibility index (Phi) is 8.18.